The molecule has 9 heteroatoms. The first-order chi connectivity index (χ1) is 9.58. The summed E-state index contributed by atoms with van der Waals surface area (Å²) in [6.45, 7) is 0. The van der Waals surface area contributed by atoms with Gasteiger partial charge in [0.15, 0.2) is 5.16 Å². The molecule has 0 amide bonds. The van der Waals surface area contributed by atoms with Crippen molar-refractivity contribution in [2.75, 3.05) is 21.3 Å². The topological polar surface area (TPSA) is 79.8 Å². The number of hydrogen-bond acceptors (Lipinski definition) is 8. The summed E-state index contributed by atoms with van der Waals surface area (Å²) in [4.78, 5) is 20.0. The van der Waals surface area contributed by atoms with E-state index in [1.54, 1.807) is 0 Å². The van der Waals surface area contributed by atoms with Crippen molar-refractivity contribution in [2.24, 2.45) is 0 Å². The number of rotatable bonds is 5. The van der Waals surface area contributed by atoms with Gasteiger partial charge in [0.2, 0.25) is 18.1 Å². The predicted octanol–water partition coefficient (Wildman–Crippen LogP) is 1.57. The normalized spacial score (nSPS) is 18.2. The number of aromatic nitrogens is 2. The highest BCUT2D eigenvalue weighted by Gasteiger charge is 2.34. The molecule has 1 atom stereocenters. The van der Waals surface area contributed by atoms with Crippen LogP contribution in [0, 0.1) is 0 Å². The second-order valence-electron chi connectivity index (χ2n) is 3.49. The van der Waals surface area contributed by atoms with Gasteiger partial charge < -0.3 is 18.9 Å². The number of carbonyl (C=O) groups is 1. The van der Waals surface area contributed by atoms with Crippen molar-refractivity contribution in [1.29, 1.82) is 0 Å². The third-order valence-electron chi connectivity index (χ3n) is 2.31. The Morgan fingerprint density at radius 1 is 1.25 bits per heavy atom. The Kier molecular flexibility index (Phi) is 4.69. The van der Waals surface area contributed by atoms with Gasteiger partial charge in [-0.2, -0.15) is 9.97 Å². The molecule has 0 saturated carbocycles. The third kappa shape index (κ3) is 2.97. The number of halogens is 1. The molecular formula is C11H11ClN2O5S. The van der Waals surface area contributed by atoms with E-state index in [0.717, 1.165) is 11.8 Å². The summed E-state index contributed by atoms with van der Waals surface area (Å²) in [6.07, 6.45) is -0.890. The number of cyclic esters (lactones) is 1. The maximum atomic E-state index is 11.7. The molecule has 0 radical (unpaired) electrons. The van der Waals surface area contributed by atoms with E-state index in [-0.39, 0.29) is 15.1 Å². The van der Waals surface area contributed by atoms with Crippen molar-refractivity contribution in [3.05, 3.63) is 16.0 Å². The number of esters is 1. The van der Waals surface area contributed by atoms with E-state index in [2.05, 4.69) is 9.97 Å². The van der Waals surface area contributed by atoms with Crippen LogP contribution in [0.1, 0.15) is 0 Å². The van der Waals surface area contributed by atoms with Gasteiger partial charge in [-0.25, -0.2) is 4.79 Å². The third-order valence-corrected chi connectivity index (χ3v) is 3.74. The van der Waals surface area contributed by atoms with Crippen LogP contribution in [0.5, 0.6) is 11.8 Å². The Hall–Kier alpha value is -1.51. The minimum Gasteiger partial charge on any atom is -0.481 e. The lowest BCUT2D eigenvalue weighted by atomic mass is 10.5. The molecule has 2 rings (SSSR count). The molecule has 108 valence electrons. The summed E-state index contributed by atoms with van der Waals surface area (Å²) in [7, 11) is 4.32. The first-order valence-corrected chi connectivity index (χ1v) is 6.56. The minimum atomic E-state index is -0.890. The zero-order chi connectivity index (χ0) is 14.7. The molecule has 0 bridgehead atoms. The van der Waals surface area contributed by atoms with Gasteiger partial charge in [-0.3, -0.25) is 0 Å². The Morgan fingerprint density at radius 2 is 1.85 bits per heavy atom. The fraction of sp³-hybridized carbons (Fsp3) is 0.364. The van der Waals surface area contributed by atoms with E-state index in [1.165, 1.54) is 27.4 Å². The molecule has 0 aromatic carbocycles. The van der Waals surface area contributed by atoms with E-state index < -0.39 is 12.3 Å². The first-order valence-electron chi connectivity index (χ1n) is 5.37. The van der Waals surface area contributed by atoms with Crippen LogP contribution in [-0.4, -0.2) is 43.6 Å². The molecular weight excluding hydrogens is 308 g/mol. The molecule has 0 N–H and O–H groups in total. The maximum absolute atomic E-state index is 11.7. The molecule has 20 heavy (non-hydrogen) atoms. The Morgan fingerprint density at radius 3 is 2.30 bits per heavy atom. The van der Waals surface area contributed by atoms with Crippen molar-refractivity contribution in [2.45, 2.75) is 11.4 Å². The van der Waals surface area contributed by atoms with Gasteiger partial charge in [0, 0.05) is 7.11 Å². The van der Waals surface area contributed by atoms with Crippen LogP contribution in [0.2, 0.25) is 0 Å². The quantitative estimate of drug-likeness (QED) is 0.598. The molecule has 1 aliphatic heterocycles. The van der Waals surface area contributed by atoms with E-state index in [1.807, 2.05) is 0 Å². The lowest BCUT2D eigenvalue weighted by Crippen LogP contribution is -2.11. The van der Waals surface area contributed by atoms with Crippen LogP contribution in [0.15, 0.2) is 21.2 Å². The summed E-state index contributed by atoms with van der Waals surface area (Å²) < 4.78 is 19.9. The highest BCUT2D eigenvalue weighted by Crippen LogP contribution is 2.37. The van der Waals surface area contributed by atoms with Crippen LogP contribution in [0.3, 0.4) is 0 Å². The summed E-state index contributed by atoms with van der Waals surface area (Å²) >= 11 is 6.96. The average Bonchev–Trinajstić information content (AvgIpc) is 2.74. The minimum absolute atomic E-state index is 0.160. The van der Waals surface area contributed by atoms with Crippen molar-refractivity contribution in [1.82, 2.24) is 9.97 Å². The van der Waals surface area contributed by atoms with Crippen molar-refractivity contribution < 1.29 is 23.7 Å². The molecule has 0 spiro atoms. The smallest absolute Gasteiger partial charge is 0.349 e. The summed E-state index contributed by atoms with van der Waals surface area (Å²) in [6, 6.07) is 1.52. The lowest BCUT2D eigenvalue weighted by Gasteiger charge is -2.05. The highest BCUT2D eigenvalue weighted by atomic mass is 35.5. The molecule has 1 aromatic heterocycles. The molecule has 1 aromatic rings. The Bertz CT molecular complexity index is 543. The Balaban J connectivity index is 2.30. The van der Waals surface area contributed by atoms with Crippen LogP contribution in [0.4, 0.5) is 0 Å². The number of hydrogen-bond donors (Lipinski definition) is 0. The molecule has 0 saturated heterocycles. The second-order valence-corrected chi connectivity index (χ2v) is 4.87. The number of methoxy groups -OCH3 is 3. The zero-order valence-corrected chi connectivity index (χ0v) is 12.4. The second kappa shape index (κ2) is 6.29. The van der Waals surface area contributed by atoms with E-state index in [4.69, 9.17) is 30.5 Å². The maximum Gasteiger partial charge on any atom is 0.349 e. The fourth-order valence-electron chi connectivity index (χ4n) is 1.38. The van der Waals surface area contributed by atoms with Gasteiger partial charge >= 0.3 is 5.97 Å². The van der Waals surface area contributed by atoms with Gasteiger partial charge in [-0.05, 0) is 11.8 Å². The molecule has 0 aliphatic carbocycles. The lowest BCUT2D eigenvalue weighted by molar-refractivity contribution is -0.154. The summed E-state index contributed by atoms with van der Waals surface area (Å²) in [5, 5.41) is 0.413. The van der Waals surface area contributed by atoms with Crippen molar-refractivity contribution in [3.8, 4) is 11.8 Å². The summed E-state index contributed by atoms with van der Waals surface area (Å²) in [5.41, 5.74) is 0. The van der Waals surface area contributed by atoms with Crippen molar-refractivity contribution >= 4 is 29.3 Å². The van der Waals surface area contributed by atoms with Crippen LogP contribution in [0.25, 0.3) is 0 Å². The van der Waals surface area contributed by atoms with E-state index in [0.29, 0.717) is 11.8 Å². The monoisotopic (exact) mass is 318 g/mol. The van der Waals surface area contributed by atoms with Crippen LogP contribution in [-0.2, 0) is 14.3 Å². The fourth-order valence-corrected chi connectivity index (χ4v) is 2.48. The molecule has 2 heterocycles. The van der Waals surface area contributed by atoms with Crippen LogP contribution < -0.4 is 9.47 Å². The summed E-state index contributed by atoms with van der Waals surface area (Å²) in [5.74, 6) is 0.0358. The molecule has 1 unspecified atom stereocenters. The molecule has 7 nitrogen and oxygen atoms in total. The number of thioether (sulfide) groups is 1. The van der Waals surface area contributed by atoms with Crippen LogP contribution >= 0.6 is 23.4 Å². The SMILES string of the molecule is COc1cc(OC)nc(SC2=C(Cl)C(OC)OC2=O)n1. The largest absolute Gasteiger partial charge is 0.481 e. The van der Waals surface area contributed by atoms with Gasteiger partial charge in [-0.15, -0.1) is 0 Å². The average molecular weight is 319 g/mol. The zero-order valence-electron chi connectivity index (χ0n) is 10.9. The number of carbonyl (C=O) groups excluding carboxylic acids is 1. The Labute approximate surface area is 124 Å². The van der Waals surface area contributed by atoms with Gasteiger partial charge in [0.05, 0.1) is 20.3 Å². The molecule has 0 fully saturated rings. The van der Waals surface area contributed by atoms with E-state index >= 15 is 0 Å². The highest BCUT2D eigenvalue weighted by molar-refractivity contribution is 8.03. The van der Waals surface area contributed by atoms with Gasteiger partial charge in [0.1, 0.15) is 9.94 Å². The molecule has 1 aliphatic rings. The van der Waals surface area contributed by atoms with Gasteiger partial charge in [0.25, 0.3) is 0 Å². The van der Waals surface area contributed by atoms with E-state index in [9.17, 15) is 4.79 Å². The number of nitrogens with zero attached hydrogens (tertiary/aromatic N) is 2. The van der Waals surface area contributed by atoms with Crippen molar-refractivity contribution in [3.63, 3.8) is 0 Å². The standard InChI is InChI=1S/C11H11ClN2O5S/c1-16-5-4-6(17-2)14-11(13-5)20-8-7(12)10(18-3)19-9(8)15/h4,10H,1-3H3. The predicted molar refractivity (Wildman–Crippen MR) is 70.8 cm³/mol. The number of ether oxygens (including phenoxy) is 4. The van der Waals surface area contributed by atoms with Gasteiger partial charge in [-0.1, -0.05) is 11.6 Å². The first kappa shape index (κ1) is 14.9.